The maximum absolute atomic E-state index is 9.40. The summed E-state index contributed by atoms with van der Waals surface area (Å²) < 4.78 is 10.9. The van der Waals surface area contributed by atoms with Crippen LogP contribution in [-0.2, 0) is 9.47 Å². The Morgan fingerprint density at radius 2 is 1.91 bits per heavy atom. The second kappa shape index (κ2) is 3.44. The summed E-state index contributed by atoms with van der Waals surface area (Å²) in [4.78, 5) is 0. The van der Waals surface area contributed by atoms with Crippen LogP contribution < -0.4 is 0 Å². The Bertz CT molecular complexity index is 124. The zero-order valence-corrected chi connectivity index (χ0v) is 9.33. The van der Waals surface area contributed by atoms with Gasteiger partial charge in [-0.2, -0.15) is 0 Å². The molecule has 11 heavy (non-hydrogen) atoms. The predicted molar refractivity (Wildman–Crippen MR) is 44.3 cm³/mol. The van der Waals surface area contributed by atoms with Crippen molar-refractivity contribution in [2.45, 2.75) is 30.4 Å². The normalized spacial score (nSPS) is 38.2. The van der Waals surface area contributed by atoms with Crippen molar-refractivity contribution in [3.63, 3.8) is 0 Å². The Morgan fingerprint density at radius 1 is 1.36 bits per heavy atom. The Hall–Kier alpha value is 0.438. The molecule has 3 atom stereocenters. The summed E-state index contributed by atoms with van der Waals surface area (Å²) in [6.45, 7) is 4.71. The predicted octanol–water partition coefficient (Wildman–Crippen LogP) is -0.448. The van der Waals surface area contributed by atoms with Crippen molar-refractivity contribution in [3.8, 4) is 0 Å². The molecule has 1 unspecified atom stereocenters. The van der Waals surface area contributed by atoms with Gasteiger partial charge in [0.25, 0.3) is 0 Å². The number of aliphatic hydroxyl groups is 1. The topological polar surface area (TPSA) is 38.7 Å². The zero-order valence-electron chi connectivity index (χ0n) is 6.91. The minimum atomic E-state index is -0.526. The molecule has 0 radical (unpaired) electrons. The van der Waals surface area contributed by atoms with Gasteiger partial charge in [0.1, 0.15) is 0 Å². The van der Waals surface area contributed by atoms with Gasteiger partial charge in [-0.25, -0.2) is 0 Å². The molecule has 1 N–H and O–H groups in total. The SMILES string of the molecule is CC1(C)OC[C@@H]([AsH2])[C@@H](O)CO1. The number of hydrogen-bond donors (Lipinski definition) is 1. The number of aliphatic hydroxyl groups excluding tert-OH is 1. The van der Waals surface area contributed by atoms with Crippen molar-refractivity contribution in [3.05, 3.63) is 0 Å². The molecule has 4 heteroatoms. The van der Waals surface area contributed by atoms with E-state index in [1.54, 1.807) is 0 Å². The van der Waals surface area contributed by atoms with Gasteiger partial charge in [-0.05, 0) is 0 Å². The molecule has 1 rings (SSSR count). The second-order valence-corrected chi connectivity index (χ2v) is 5.05. The van der Waals surface area contributed by atoms with E-state index in [4.69, 9.17) is 9.47 Å². The van der Waals surface area contributed by atoms with E-state index in [-0.39, 0.29) is 10.8 Å². The van der Waals surface area contributed by atoms with Crippen molar-refractivity contribution in [1.29, 1.82) is 0 Å². The molecule has 0 spiro atoms. The summed E-state index contributed by atoms with van der Waals surface area (Å²) in [5, 5.41) is 9.40. The Morgan fingerprint density at radius 3 is 2.55 bits per heavy atom. The molecule has 0 aliphatic carbocycles. The Labute approximate surface area is 75.6 Å². The molecule has 0 amide bonds. The number of rotatable bonds is 0. The molecule has 1 aliphatic heterocycles. The van der Waals surface area contributed by atoms with E-state index in [0.717, 1.165) is 0 Å². The molecule has 0 bridgehead atoms. The maximum atomic E-state index is 9.40. The van der Waals surface area contributed by atoms with E-state index in [0.29, 0.717) is 13.2 Å². The first kappa shape index (κ1) is 9.53. The van der Waals surface area contributed by atoms with E-state index in [1.165, 1.54) is 16.9 Å². The third-order valence-electron chi connectivity index (χ3n) is 1.72. The van der Waals surface area contributed by atoms with Crippen molar-refractivity contribution < 1.29 is 14.6 Å². The van der Waals surface area contributed by atoms with Gasteiger partial charge in [0.15, 0.2) is 0 Å². The van der Waals surface area contributed by atoms with Crippen LogP contribution in [0.25, 0.3) is 0 Å². The van der Waals surface area contributed by atoms with Gasteiger partial charge in [0.2, 0.25) is 0 Å². The van der Waals surface area contributed by atoms with Crippen molar-refractivity contribution >= 4 is 16.9 Å². The van der Waals surface area contributed by atoms with Gasteiger partial charge < -0.3 is 0 Å². The summed E-state index contributed by atoms with van der Waals surface area (Å²) in [6.07, 6.45) is -0.364. The van der Waals surface area contributed by atoms with Crippen LogP contribution in [-0.4, -0.2) is 47.1 Å². The number of ether oxygens (including phenoxy) is 2. The molecule has 1 saturated heterocycles. The van der Waals surface area contributed by atoms with Crippen molar-refractivity contribution in [1.82, 2.24) is 0 Å². The standard InChI is InChI=1S/C7H15AsO3/c1-7(2)10-3-5(8)6(9)4-11-7/h5-6,9H,3-4,8H2,1-2H3/t5-,6+/m1/s1. The molecule has 66 valence electrons. The molecule has 0 aromatic heterocycles. The summed E-state index contributed by atoms with van der Waals surface area (Å²) in [5.41, 5.74) is 0. The molecule has 0 aromatic carbocycles. The van der Waals surface area contributed by atoms with Gasteiger partial charge in [-0.1, -0.05) is 0 Å². The summed E-state index contributed by atoms with van der Waals surface area (Å²) in [5.74, 6) is -0.526. The van der Waals surface area contributed by atoms with Gasteiger partial charge in [-0.15, -0.1) is 0 Å². The van der Waals surface area contributed by atoms with Gasteiger partial charge >= 0.3 is 75.1 Å². The second-order valence-electron chi connectivity index (χ2n) is 3.25. The average Bonchev–Trinajstić information content (AvgIpc) is 2.03. The third kappa shape index (κ3) is 2.75. The fourth-order valence-electron chi connectivity index (χ4n) is 0.859. The van der Waals surface area contributed by atoms with E-state index in [1.807, 2.05) is 13.8 Å². The molecule has 1 heterocycles. The van der Waals surface area contributed by atoms with Crippen LogP contribution in [0.4, 0.5) is 0 Å². The van der Waals surface area contributed by atoms with E-state index in [9.17, 15) is 5.11 Å². The van der Waals surface area contributed by atoms with Gasteiger partial charge in [-0.3, -0.25) is 0 Å². The first-order valence-electron chi connectivity index (χ1n) is 3.73. The zero-order chi connectivity index (χ0) is 8.48. The van der Waals surface area contributed by atoms with Gasteiger partial charge in [0, 0.05) is 0 Å². The van der Waals surface area contributed by atoms with E-state index >= 15 is 0 Å². The third-order valence-corrected chi connectivity index (χ3v) is 3.06. The fourth-order valence-corrected chi connectivity index (χ4v) is 1.29. The van der Waals surface area contributed by atoms with Crippen LogP contribution in [0.1, 0.15) is 13.8 Å². The average molecular weight is 222 g/mol. The monoisotopic (exact) mass is 222 g/mol. The first-order chi connectivity index (χ1) is 5.01. The minimum absolute atomic E-state index is 0.226. The molecule has 1 aliphatic rings. The van der Waals surface area contributed by atoms with Crippen LogP contribution >= 0.6 is 0 Å². The first-order valence-corrected chi connectivity index (χ1v) is 5.13. The fraction of sp³-hybridized carbons (Fsp3) is 1.00. The van der Waals surface area contributed by atoms with Crippen LogP contribution in [0.2, 0.25) is 4.71 Å². The quantitative estimate of drug-likeness (QED) is 0.564. The van der Waals surface area contributed by atoms with E-state index in [2.05, 4.69) is 0 Å². The summed E-state index contributed by atoms with van der Waals surface area (Å²) in [7, 11) is 0. The molecule has 1 fully saturated rings. The molecular formula is C7H15AsO3. The van der Waals surface area contributed by atoms with E-state index < -0.39 is 5.79 Å². The Balaban J connectivity index is 2.51. The van der Waals surface area contributed by atoms with Crippen LogP contribution in [0.5, 0.6) is 0 Å². The molecular weight excluding hydrogens is 207 g/mol. The molecule has 0 saturated carbocycles. The van der Waals surface area contributed by atoms with Gasteiger partial charge in [0.05, 0.1) is 0 Å². The summed E-state index contributed by atoms with van der Waals surface area (Å²) in [6, 6.07) is 0. The van der Waals surface area contributed by atoms with Crippen LogP contribution in [0.15, 0.2) is 0 Å². The molecule has 3 nitrogen and oxygen atoms in total. The Kier molecular flexibility index (Phi) is 2.98. The van der Waals surface area contributed by atoms with Crippen LogP contribution in [0.3, 0.4) is 0 Å². The van der Waals surface area contributed by atoms with Crippen molar-refractivity contribution in [2.75, 3.05) is 13.2 Å². The van der Waals surface area contributed by atoms with Crippen molar-refractivity contribution in [2.24, 2.45) is 0 Å². The number of hydrogen-bond acceptors (Lipinski definition) is 3. The summed E-state index contributed by atoms with van der Waals surface area (Å²) >= 11 is 1.50. The van der Waals surface area contributed by atoms with Crippen LogP contribution in [0, 0.1) is 0 Å². The molecule has 0 aromatic rings.